The maximum atomic E-state index is 7.86. The first-order chi connectivity index (χ1) is 9.70. The molecule has 110 valence electrons. The first-order valence-electron chi connectivity index (χ1n) is 7.35. The molecule has 20 heavy (non-hydrogen) atoms. The van der Waals surface area contributed by atoms with Gasteiger partial charge in [0.15, 0.2) is 0 Å². The van der Waals surface area contributed by atoms with Crippen molar-refractivity contribution in [3.8, 4) is 0 Å². The number of nitrogens with one attached hydrogen (secondary N) is 3. The number of anilines is 1. The standard InChI is InChI=1S/C16H25N3O/c1-12(17)15-7-4-13(11-19-14-5-6-14)10-16(15)18-8-3-9-20-2/h4,7,10,14,17-19H,3,5-6,8-9,11H2,1-2H3. The van der Waals surface area contributed by atoms with Crippen LogP contribution in [0, 0.1) is 5.41 Å². The highest BCUT2D eigenvalue weighted by Crippen LogP contribution is 2.22. The summed E-state index contributed by atoms with van der Waals surface area (Å²) in [5.41, 5.74) is 3.92. The third-order valence-corrected chi connectivity index (χ3v) is 3.50. The molecule has 0 aliphatic heterocycles. The van der Waals surface area contributed by atoms with Crippen molar-refractivity contribution in [1.82, 2.24) is 5.32 Å². The number of ether oxygens (including phenoxy) is 1. The summed E-state index contributed by atoms with van der Waals surface area (Å²) in [4.78, 5) is 0. The Balaban J connectivity index is 1.98. The number of methoxy groups -OCH3 is 1. The molecule has 3 N–H and O–H groups in total. The molecule has 1 saturated carbocycles. The van der Waals surface area contributed by atoms with E-state index in [-0.39, 0.29) is 0 Å². The molecule has 0 amide bonds. The van der Waals surface area contributed by atoms with Crippen molar-refractivity contribution in [2.75, 3.05) is 25.6 Å². The van der Waals surface area contributed by atoms with Gasteiger partial charge in [0.1, 0.15) is 0 Å². The van der Waals surface area contributed by atoms with Gasteiger partial charge in [0, 0.05) is 49.8 Å². The first-order valence-corrected chi connectivity index (χ1v) is 7.35. The van der Waals surface area contributed by atoms with Gasteiger partial charge in [0.2, 0.25) is 0 Å². The number of hydrogen-bond donors (Lipinski definition) is 3. The molecule has 0 heterocycles. The van der Waals surface area contributed by atoms with Crippen LogP contribution in [0.1, 0.15) is 37.3 Å². The third kappa shape index (κ3) is 4.62. The third-order valence-electron chi connectivity index (χ3n) is 3.50. The molecule has 0 spiro atoms. The van der Waals surface area contributed by atoms with Gasteiger partial charge in [0.05, 0.1) is 0 Å². The summed E-state index contributed by atoms with van der Waals surface area (Å²) in [5.74, 6) is 0. The van der Waals surface area contributed by atoms with E-state index >= 15 is 0 Å². The Morgan fingerprint density at radius 1 is 1.40 bits per heavy atom. The molecule has 0 saturated heterocycles. The van der Waals surface area contributed by atoms with Gasteiger partial charge in [-0.2, -0.15) is 0 Å². The minimum atomic E-state index is 0.598. The lowest BCUT2D eigenvalue weighted by molar-refractivity contribution is 0.198. The normalized spacial score (nSPS) is 14.3. The van der Waals surface area contributed by atoms with Gasteiger partial charge >= 0.3 is 0 Å². The van der Waals surface area contributed by atoms with Crippen molar-refractivity contribution < 1.29 is 4.74 Å². The molecule has 4 heteroatoms. The van der Waals surface area contributed by atoms with E-state index in [2.05, 4.69) is 22.8 Å². The molecule has 2 rings (SSSR count). The largest absolute Gasteiger partial charge is 0.385 e. The molecule has 0 radical (unpaired) electrons. The van der Waals surface area contributed by atoms with Crippen molar-refractivity contribution in [2.45, 2.75) is 38.8 Å². The first kappa shape index (κ1) is 15.0. The fourth-order valence-corrected chi connectivity index (χ4v) is 2.16. The van der Waals surface area contributed by atoms with Gasteiger partial charge in [-0.15, -0.1) is 0 Å². The molecule has 0 bridgehead atoms. The lowest BCUT2D eigenvalue weighted by Gasteiger charge is -2.13. The summed E-state index contributed by atoms with van der Waals surface area (Å²) in [6, 6.07) is 7.04. The van der Waals surface area contributed by atoms with Gasteiger partial charge in [-0.05, 0) is 37.8 Å². The SMILES string of the molecule is COCCCNc1cc(CNC2CC2)ccc1C(C)=N. The number of hydrogen-bond acceptors (Lipinski definition) is 4. The molecule has 0 aromatic heterocycles. The van der Waals surface area contributed by atoms with E-state index in [1.54, 1.807) is 7.11 Å². The topological polar surface area (TPSA) is 57.1 Å². The van der Waals surface area contributed by atoms with Crippen LogP contribution in [-0.4, -0.2) is 32.0 Å². The highest BCUT2D eigenvalue weighted by molar-refractivity contribution is 6.01. The van der Waals surface area contributed by atoms with Crippen LogP contribution in [0.4, 0.5) is 5.69 Å². The minimum absolute atomic E-state index is 0.598. The Morgan fingerprint density at radius 3 is 2.85 bits per heavy atom. The predicted molar refractivity (Wildman–Crippen MR) is 83.8 cm³/mol. The van der Waals surface area contributed by atoms with Crippen LogP contribution in [0.15, 0.2) is 18.2 Å². The second kappa shape index (κ2) is 7.41. The fraction of sp³-hybridized carbons (Fsp3) is 0.562. The Morgan fingerprint density at radius 2 is 2.20 bits per heavy atom. The van der Waals surface area contributed by atoms with E-state index in [0.29, 0.717) is 5.71 Å². The van der Waals surface area contributed by atoms with Crippen LogP contribution in [0.3, 0.4) is 0 Å². The summed E-state index contributed by atoms with van der Waals surface area (Å²) < 4.78 is 5.06. The highest BCUT2D eigenvalue weighted by atomic mass is 16.5. The summed E-state index contributed by atoms with van der Waals surface area (Å²) in [7, 11) is 1.72. The van der Waals surface area contributed by atoms with Crippen LogP contribution < -0.4 is 10.6 Å². The van der Waals surface area contributed by atoms with E-state index in [1.165, 1.54) is 18.4 Å². The molecule has 0 unspecified atom stereocenters. The molecule has 0 atom stereocenters. The molecule has 1 aromatic rings. The van der Waals surface area contributed by atoms with Crippen molar-refractivity contribution >= 4 is 11.4 Å². The predicted octanol–water partition coefficient (Wildman–Crippen LogP) is 2.77. The molecule has 1 aliphatic carbocycles. The van der Waals surface area contributed by atoms with Crippen LogP contribution >= 0.6 is 0 Å². The van der Waals surface area contributed by atoms with Crippen molar-refractivity contribution in [3.63, 3.8) is 0 Å². The maximum absolute atomic E-state index is 7.86. The summed E-state index contributed by atoms with van der Waals surface area (Å²) in [6.45, 7) is 4.37. The van der Waals surface area contributed by atoms with Crippen molar-refractivity contribution in [2.24, 2.45) is 0 Å². The number of rotatable bonds is 9. The van der Waals surface area contributed by atoms with Gasteiger partial charge in [-0.1, -0.05) is 12.1 Å². The van der Waals surface area contributed by atoms with Crippen LogP contribution in [-0.2, 0) is 11.3 Å². The molecule has 1 aliphatic rings. The molecular formula is C16H25N3O. The Labute approximate surface area is 121 Å². The van der Waals surface area contributed by atoms with Gasteiger partial charge in [0.25, 0.3) is 0 Å². The quantitative estimate of drug-likeness (QED) is 0.480. The average molecular weight is 275 g/mol. The maximum Gasteiger partial charge on any atom is 0.0479 e. The van der Waals surface area contributed by atoms with Crippen LogP contribution in [0.2, 0.25) is 0 Å². The monoisotopic (exact) mass is 275 g/mol. The molecule has 1 aromatic carbocycles. The summed E-state index contributed by atoms with van der Waals surface area (Å²) in [5, 5.41) is 14.8. The van der Waals surface area contributed by atoms with Gasteiger partial charge in [-0.25, -0.2) is 0 Å². The Hall–Kier alpha value is -1.39. The zero-order valence-corrected chi connectivity index (χ0v) is 12.5. The second-order valence-electron chi connectivity index (χ2n) is 5.43. The van der Waals surface area contributed by atoms with Crippen molar-refractivity contribution in [1.29, 1.82) is 5.41 Å². The smallest absolute Gasteiger partial charge is 0.0479 e. The van der Waals surface area contributed by atoms with E-state index in [9.17, 15) is 0 Å². The highest BCUT2D eigenvalue weighted by Gasteiger charge is 2.20. The van der Waals surface area contributed by atoms with E-state index in [0.717, 1.165) is 43.4 Å². The molecular weight excluding hydrogens is 250 g/mol. The Kier molecular flexibility index (Phi) is 5.56. The lowest BCUT2D eigenvalue weighted by atomic mass is 10.1. The minimum Gasteiger partial charge on any atom is -0.385 e. The van der Waals surface area contributed by atoms with Crippen LogP contribution in [0.25, 0.3) is 0 Å². The van der Waals surface area contributed by atoms with E-state index in [1.807, 2.05) is 13.0 Å². The van der Waals surface area contributed by atoms with E-state index < -0.39 is 0 Å². The summed E-state index contributed by atoms with van der Waals surface area (Å²) >= 11 is 0. The Bertz CT molecular complexity index is 455. The zero-order chi connectivity index (χ0) is 14.4. The molecule has 4 nitrogen and oxygen atoms in total. The summed E-state index contributed by atoms with van der Waals surface area (Å²) in [6.07, 6.45) is 3.58. The number of benzene rings is 1. The van der Waals surface area contributed by atoms with Crippen molar-refractivity contribution in [3.05, 3.63) is 29.3 Å². The van der Waals surface area contributed by atoms with E-state index in [4.69, 9.17) is 10.1 Å². The fourth-order valence-electron chi connectivity index (χ4n) is 2.16. The lowest BCUT2D eigenvalue weighted by Crippen LogP contribution is -2.16. The van der Waals surface area contributed by atoms with Gasteiger partial charge < -0.3 is 20.8 Å². The van der Waals surface area contributed by atoms with Crippen LogP contribution in [0.5, 0.6) is 0 Å². The second-order valence-corrected chi connectivity index (χ2v) is 5.43. The molecule has 1 fully saturated rings. The zero-order valence-electron chi connectivity index (χ0n) is 12.5. The van der Waals surface area contributed by atoms with Gasteiger partial charge in [-0.3, -0.25) is 0 Å². The average Bonchev–Trinajstić information content (AvgIpc) is 3.25.